The smallest absolute Gasteiger partial charge is 0.102 e. The predicted octanol–water partition coefficient (Wildman–Crippen LogP) is 12.6. The van der Waals surface area contributed by atoms with E-state index in [0.29, 0.717) is 56.2 Å². The van der Waals surface area contributed by atoms with Gasteiger partial charge in [0, 0.05) is 33.4 Å². The summed E-state index contributed by atoms with van der Waals surface area (Å²) in [4.78, 5) is 10.1. The molecule has 278 valence electrons. The molecule has 2 aromatic heterocycles. The maximum absolute atomic E-state index is 10.8. The molecule has 5 aromatic carbocycles. The van der Waals surface area contributed by atoms with Crippen molar-refractivity contribution >= 4 is 0 Å². The molecule has 0 saturated heterocycles. The van der Waals surface area contributed by atoms with Gasteiger partial charge in [0.15, 0.2) is 0 Å². The maximum Gasteiger partial charge on any atom is 0.102 e. The Labute approximate surface area is 340 Å². The fourth-order valence-electron chi connectivity index (χ4n) is 7.27. The molecule has 0 N–H and O–H groups in total. The van der Waals surface area contributed by atoms with E-state index < -0.39 is 0 Å². The fraction of sp³-hybridized carbons (Fsp3) is 0.154. The van der Waals surface area contributed by atoms with Crippen molar-refractivity contribution in [2.45, 2.75) is 52.4 Å². The highest BCUT2D eigenvalue weighted by Crippen LogP contribution is 2.42. The quantitative estimate of drug-likeness (QED) is 0.167. The van der Waals surface area contributed by atoms with Crippen molar-refractivity contribution in [1.82, 2.24) is 9.97 Å². The molecule has 7 aromatic rings. The first-order valence-electron chi connectivity index (χ1n) is 19.1. The van der Waals surface area contributed by atoms with Gasteiger partial charge in [-0.25, -0.2) is 9.97 Å². The summed E-state index contributed by atoms with van der Waals surface area (Å²) in [5.74, 6) is 0. The summed E-state index contributed by atoms with van der Waals surface area (Å²) in [5, 5.41) is 42.9. The third kappa shape index (κ3) is 7.24. The van der Waals surface area contributed by atoms with Crippen LogP contribution in [0, 0.1) is 45.3 Å². The minimum Gasteiger partial charge on any atom is -0.245 e. The Morgan fingerprint density at radius 2 is 0.569 bits per heavy atom. The van der Waals surface area contributed by atoms with Gasteiger partial charge in [-0.05, 0) is 33.1 Å². The molecule has 58 heavy (non-hydrogen) atoms. The van der Waals surface area contributed by atoms with E-state index in [4.69, 9.17) is 9.97 Å². The number of benzene rings is 5. The largest absolute Gasteiger partial charge is 0.245 e. The molecule has 0 bridgehead atoms. The Morgan fingerprint density at radius 3 is 0.810 bits per heavy atom. The van der Waals surface area contributed by atoms with Gasteiger partial charge in [0.25, 0.3) is 0 Å². The van der Waals surface area contributed by atoms with E-state index in [1.165, 1.54) is 0 Å². The number of pyridine rings is 2. The van der Waals surface area contributed by atoms with Crippen LogP contribution in [0.25, 0.3) is 67.3 Å². The van der Waals surface area contributed by atoms with E-state index in [1.807, 2.05) is 133 Å². The third-order valence-electron chi connectivity index (χ3n) is 10.4. The number of nitriles is 4. The molecule has 0 radical (unpaired) electrons. The lowest BCUT2D eigenvalue weighted by Gasteiger charge is -2.20. The Balaban J connectivity index is 1.45. The van der Waals surface area contributed by atoms with Crippen LogP contribution in [0.4, 0.5) is 0 Å². The van der Waals surface area contributed by atoms with Crippen molar-refractivity contribution in [1.29, 1.82) is 21.0 Å². The van der Waals surface area contributed by atoms with Gasteiger partial charge in [-0.2, -0.15) is 21.0 Å². The van der Waals surface area contributed by atoms with Crippen molar-refractivity contribution in [3.63, 3.8) is 0 Å². The molecule has 0 spiro atoms. The van der Waals surface area contributed by atoms with Gasteiger partial charge < -0.3 is 0 Å². The van der Waals surface area contributed by atoms with Crippen LogP contribution in [0.1, 0.15) is 74.9 Å². The molecular formula is C52H40N6. The highest BCUT2D eigenvalue weighted by atomic mass is 14.7. The number of aromatic nitrogens is 2. The number of nitrogens with zero attached hydrogens (tertiary/aromatic N) is 6. The molecule has 0 amide bonds. The molecule has 0 saturated carbocycles. The maximum atomic E-state index is 10.8. The summed E-state index contributed by atoms with van der Waals surface area (Å²) in [7, 11) is 0. The summed E-state index contributed by atoms with van der Waals surface area (Å²) in [6, 6.07) is 52.2. The molecular weight excluding hydrogens is 709 g/mol. The predicted molar refractivity (Wildman–Crippen MR) is 231 cm³/mol. The molecule has 0 aliphatic rings. The minimum atomic E-state index is -0.0797. The van der Waals surface area contributed by atoms with E-state index in [0.717, 1.165) is 33.4 Å². The first-order chi connectivity index (χ1) is 27.9. The monoisotopic (exact) mass is 748 g/mol. The average Bonchev–Trinajstić information content (AvgIpc) is 3.25. The zero-order chi connectivity index (χ0) is 41.2. The Kier molecular flexibility index (Phi) is 10.3. The summed E-state index contributed by atoms with van der Waals surface area (Å²) in [5.41, 5.74) is 10.5. The van der Waals surface area contributed by atoms with Crippen LogP contribution in [-0.4, -0.2) is 9.97 Å². The van der Waals surface area contributed by atoms with Crippen LogP contribution in [0.15, 0.2) is 133 Å². The van der Waals surface area contributed by atoms with Crippen LogP contribution in [-0.2, 0) is 10.8 Å². The van der Waals surface area contributed by atoms with Crippen molar-refractivity contribution in [3.8, 4) is 91.6 Å². The standard InChI is InChI=1S/C52H40N6/c1-51(2,3)39-25-21-33(22-26-39)45-41(29-53)47(35-13-9-7-10-14-35)57-49(43(45)31-55)37-17-19-38(20-18-37)50-44(32-56)46(34-23-27-40(28-24-34)52(4,5)6)42(30-54)48(58-50)36-15-11-8-12-16-36/h7-28H,1-6H3. The van der Waals surface area contributed by atoms with E-state index in [1.54, 1.807) is 0 Å². The van der Waals surface area contributed by atoms with Gasteiger partial charge in [-0.1, -0.05) is 175 Å². The van der Waals surface area contributed by atoms with Gasteiger partial charge >= 0.3 is 0 Å². The van der Waals surface area contributed by atoms with Crippen LogP contribution >= 0.6 is 0 Å². The fourth-order valence-corrected chi connectivity index (χ4v) is 7.27. The molecule has 0 aliphatic heterocycles. The molecule has 2 heterocycles. The van der Waals surface area contributed by atoms with Crippen molar-refractivity contribution < 1.29 is 0 Å². The number of rotatable bonds is 6. The molecule has 6 heteroatoms. The number of hydrogen-bond donors (Lipinski definition) is 0. The second-order valence-corrected chi connectivity index (χ2v) is 16.3. The van der Waals surface area contributed by atoms with Crippen LogP contribution in [0.3, 0.4) is 0 Å². The van der Waals surface area contributed by atoms with Crippen molar-refractivity contribution in [2.24, 2.45) is 0 Å². The summed E-state index contributed by atoms with van der Waals surface area (Å²) in [6.07, 6.45) is 0. The third-order valence-corrected chi connectivity index (χ3v) is 10.4. The van der Waals surface area contributed by atoms with Crippen LogP contribution in [0.2, 0.25) is 0 Å². The van der Waals surface area contributed by atoms with E-state index in [2.05, 4.69) is 65.8 Å². The highest BCUT2D eigenvalue weighted by molar-refractivity contribution is 5.92. The summed E-state index contributed by atoms with van der Waals surface area (Å²) < 4.78 is 0. The Morgan fingerprint density at radius 1 is 0.328 bits per heavy atom. The lowest BCUT2D eigenvalue weighted by Crippen LogP contribution is -2.10. The average molecular weight is 749 g/mol. The molecule has 0 unspecified atom stereocenters. The van der Waals surface area contributed by atoms with Gasteiger partial charge in [0.1, 0.15) is 24.3 Å². The topological polar surface area (TPSA) is 121 Å². The van der Waals surface area contributed by atoms with Gasteiger partial charge in [0.2, 0.25) is 0 Å². The normalized spacial score (nSPS) is 11.2. The molecule has 6 nitrogen and oxygen atoms in total. The van der Waals surface area contributed by atoms with Crippen LogP contribution in [0.5, 0.6) is 0 Å². The van der Waals surface area contributed by atoms with Crippen LogP contribution < -0.4 is 0 Å². The number of hydrogen-bond acceptors (Lipinski definition) is 6. The van der Waals surface area contributed by atoms with Gasteiger partial charge in [-0.3, -0.25) is 0 Å². The van der Waals surface area contributed by atoms with Gasteiger partial charge in [-0.15, -0.1) is 0 Å². The lowest BCUT2D eigenvalue weighted by molar-refractivity contribution is 0.590. The van der Waals surface area contributed by atoms with Gasteiger partial charge in [0.05, 0.1) is 45.0 Å². The Bertz CT molecular complexity index is 2630. The zero-order valence-electron chi connectivity index (χ0n) is 33.4. The van der Waals surface area contributed by atoms with Crippen molar-refractivity contribution in [2.75, 3.05) is 0 Å². The molecule has 0 fully saturated rings. The summed E-state index contributed by atoms with van der Waals surface area (Å²) in [6.45, 7) is 12.9. The SMILES string of the molecule is CC(C)(C)c1ccc(-c2c(C#N)c(-c3ccccc3)nc(-c3ccc(-c4nc(-c5ccccc5)c(C#N)c(-c5ccc(C(C)(C)C)cc5)c4C#N)cc3)c2C#N)cc1. The molecule has 0 atom stereocenters. The zero-order valence-corrected chi connectivity index (χ0v) is 33.4. The second kappa shape index (κ2) is 15.5. The molecule has 7 rings (SSSR count). The van der Waals surface area contributed by atoms with E-state index >= 15 is 0 Å². The highest BCUT2D eigenvalue weighted by Gasteiger charge is 2.26. The lowest BCUT2D eigenvalue weighted by atomic mass is 9.84. The minimum absolute atomic E-state index is 0.0797. The first-order valence-corrected chi connectivity index (χ1v) is 19.1. The summed E-state index contributed by atoms with van der Waals surface area (Å²) >= 11 is 0. The van der Waals surface area contributed by atoms with E-state index in [-0.39, 0.29) is 22.0 Å². The van der Waals surface area contributed by atoms with E-state index in [9.17, 15) is 21.0 Å². The molecule has 0 aliphatic carbocycles. The van der Waals surface area contributed by atoms with Crippen molar-refractivity contribution in [3.05, 3.63) is 167 Å². The first kappa shape index (κ1) is 38.6. The Hall–Kier alpha value is -7.64. The second-order valence-electron chi connectivity index (χ2n) is 16.3.